The van der Waals surface area contributed by atoms with Crippen LogP contribution in [0.4, 0.5) is 21.0 Å². The highest BCUT2D eigenvalue weighted by Gasteiger charge is 2.45. The van der Waals surface area contributed by atoms with Gasteiger partial charge in [-0.1, -0.05) is 85.2 Å². The van der Waals surface area contributed by atoms with Crippen LogP contribution in [0, 0.1) is 12.8 Å². The van der Waals surface area contributed by atoms with Crippen LogP contribution in [-0.4, -0.2) is 80.1 Å². The van der Waals surface area contributed by atoms with E-state index in [9.17, 15) is 24.3 Å². The molecule has 0 aliphatic carbocycles. The number of hydrogen-bond donors (Lipinski definition) is 1. The zero-order valence-electron chi connectivity index (χ0n) is 41.5. The third kappa shape index (κ3) is 12.8. The van der Waals surface area contributed by atoms with Crippen molar-refractivity contribution in [2.75, 3.05) is 43.8 Å². The van der Waals surface area contributed by atoms with Gasteiger partial charge in [-0.15, -0.1) is 0 Å². The molecule has 368 valence electrons. The maximum Gasteiger partial charge on any atom is 0.416 e. The van der Waals surface area contributed by atoms with E-state index < -0.39 is 24.5 Å². The number of aliphatic hydroxyl groups excluding tert-OH is 1. The summed E-state index contributed by atoms with van der Waals surface area (Å²) in [7, 11) is 2.98. The Morgan fingerprint density at radius 2 is 1.41 bits per heavy atom. The highest BCUT2D eigenvalue weighted by molar-refractivity contribution is 6.07. The van der Waals surface area contributed by atoms with Gasteiger partial charge in [0.2, 0.25) is 0 Å². The smallest absolute Gasteiger partial charge is 0.416 e. The Morgan fingerprint density at radius 1 is 0.812 bits per heavy atom. The number of Topliss-reactive ketones (excluding diaryl/α,β-unsaturated/α-hetero) is 1. The maximum absolute atomic E-state index is 14.0. The average molecular weight is 946 g/mol. The van der Waals surface area contributed by atoms with E-state index in [0.717, 1.165) is 45.6 Å². The summed E-state index contributed by atoms with van der Waals surface area (Å²) in [6, 6.07) is 21.2. The van der Waals surface area contributed by atoms with Crippen molar-refractivity contribution < 1.29 is 52.7 Å². The number of carbonyl (C=O) groups excluding carboxylic acids is 4. The SMILES string of the molecule is C/C=C(/C)CC(C)CN(C(=O)OCc1ccc(C)cc1)c1cc(OCCCCCOc2cc3c(cc2OC)C(=O)N2C=C(C)C[C@@H]2[C@H](O)N3C(=O)OCc2ccc(CC)cc2)c(OC)cc1C(C)=O. The number of methoxy groups -OCH3 is 2. The molecular formula is C55H67N3O11. The van der Waals surface area contributed by atoms with Crippen LogP contribution in [0.3, 0.4) is 0 Å². The molecule has 3 atom stereocenters. The Labute approximate surface area is 406 Å². The fourth-order valence-electron chi connectivity index (χ4n) is 8.50. The van der Waals surface area contributed by atoms with Crippen molar-refractivity contribution in [3.05, 3.63) is 130 Å². The van der Waals surface area contributed by atoms with Crippen LogP contribution in [0.25, 0.3) is 0 Å². The van der Waals surface area contributed by atoms with E-state index in [1.165, 1.54) is 42.6 Å². The summed E-state index contributed by atoms with van der Waals surface area (Å²) >= 11 is 0. The normalized spacial score (nSPS) is 15.9. The van der Waals surface area contributed by atoms with Gasteiger partial charge in [0.05, 0.1) is 50.4 Å². The Bertz CT molecular complexity index is 2520. The summed E-state index contributed by atoms with van der Waals surface area (Å²) in [5.41, 5.74) is 6.93. The van der Waals surface area contributed by atoms with E-state index in [2.05, 4.69) is 13.8 Å². The van der Waals surface area contributed by atoms with Crippen molar-refractivity contribution in [2.45, 2.75) is 112 Å². The monoisotopic (exact) mass is 945 g/mol. The third-order valence-corrected chi connectivity index (χ3v) is 12.5. The first-order valence-corrected chi connectivity index (χ1v) is 23.7. The summed E-state index contributed by atoms with van der Waals surface area (Å²) in [6.07, 6.45) is 4.86. The summed E-state index contributed by atoms with van der Waals surface area (Å²) in [4.78, 5) is 59.2. The lowest BCUT2D eigenvalue weighted by Gasteiger charge is -2.31. The molecule has 0 fully saturated rings. The molecule has 2 aliphatic heterocycles. The van der Waals surface area contributed by atoms with Gasteiger partial charge in [0.15, 0.2) is 35.0 Å². The second kappa shape index (κ2) is 24.0. The number of nitrogens with zero attached hydrogens (tertiary/aromatic N) is 3. The lowest BCUT2D eigenvalue weighted by atomic mass is 10.0. The largest absolute Gasteiger partial charge is 0.493 e. The van der Waals surface area contributed by atoms with Gasteiger partial charge < -0.3 is 38.4 Å². The molecule has 0 bridgehead atoms. The summed E-state index contributed by atoms with van der Waals surface area (Å²) in [5.74, 6) is 0.708. The number of ether oxygens (including phenoxy) is 6. The molecule has 0 saturated carbocycles. The molecule has 1 N–H and O–H groups in total. The average Bonchev–Trinajstić information content (AvgIpc) is 3.72. The van der Waals surface area contributed by atoms with E-state index in [4.69, 9.17) is 28.4 Å². The molecule has 69 heavy (non-hydrogen) atoms. The van der Waals surface area contributed by atoms with E-state index in [0.29, 0.717) is 60.7 Å². The molecule has 0 radical (unpaired) electrons. The first-order valence-electron chi connectivity index (χ1n) is 23.7. The number of rotatable bonds is 21. The van der Waals surface area contributed by atoms with Gasteiger partial charge in [0.25, 0.3) is 5.91 Å². The van der Waals surface area contributed by atoms with E-state index in [1.54, 1.807) is 24.4 Å². The van der Waals surface area contributed by atoms with Crippen molar-refractivity contribution in [1.82, 2.24) is 4.90 Å². The third-order valence-electron chi connectivity index (χ3n) is 12.5. The van der Waals surface area contributed by atoms with Gasteiger partial charge in [0.1, 0.15) is 13.2 Å². The quantitative estimate of drug-likeness (QED) is 0.0482. The van der Waals surface area contributed by atoms with Crippen LogP contribution < -0.4 is 28.7 Å². The predicted octanol–water partition coefficient (Wildman–Crippen LogP) is 11.1. The van der Waals surface area contributed by atoms with Gasteiger partial charge in [-0.3, -0.25) is 14.5 Å². The zero-order valence-corrected chi connectivity index (χ0v) is 41.5. The molecule has 3 amide bonds. The number of aryl methyl sites for hydroxylation is 2. The number of allylic oxidation sites excluding steroid dienone is 2. The molecule has 2 heterocycles. The van der Waals surface area contributed by atoms with Crippen molar-refractivity contribution in [2.24, 2.45) is 5.92 Å². The Kier molecular flexibility index (Phi) is 17.9. The second-order valence-corrected chi connectivity index (χ2v) is 17.9. The van der Waals surface area contributed by atoms with Gasteiger partial charge in [-0.05, 0) is 108 Å². The highest BCUT2D eigenvalue weighted by Crippen LogP contribution is 2.42. The van der Waals surface area contributed by atoms with Crippen LogP contribution >= 0.6 is 0 Å². The molecule has 0 saturated heterocycles. The van der Waals surface area contributed by atoms with Crippen molar-refractivity contribution in [1.29, 1.82) is 0 Å². The first kappa shape index (κ1) is 51.6. The number of amides is 3. The molecule has 14 nitrogen and oxygen atoms in total. The Morgan fingerprint density at radius 3 is 2.01 bits per heavy atom. The number of anilines is 2. The number of unbranched alkanes of at least 4 members (excludes halogenated alkanes) is 2. The van der Waals surface area contributed by atoms with Crippen molar-refractivity contribution in [3.8, 4) is 23.0 Å². The van der Waals surface area contributed by atoms with Crippen LogP contribution in [0.2, 0.25) is 0 Å². The fraction of sp³-hybridized carbons (Fsp3) is 0.418. The molecule has 0 spiro atoms. The number of carbonyl (C=O) groups is 4. The van der Waals surface area contributed by atoms with Gasteiger partial charge in [0, 0.05) is 30.4 Å². The van der Waals surface area contributed by atoms with Crippen molar-refractivity contribution >= 4 is 35.3 Å². The standard InChI is InChI=1S/C55H67N3O11/c1-10-35(3)25-37(5)32-57(54(62)68-33-41-17-15-36(4)16-18-41)45-29-50(48(64-8)27-43(45)39(7)59)66-23-13-12-14-24-67-51-30-46-44(28-49(51)65-9)52(60)56-31-38(6)26-47(56)53(61)58(46)55(63)69-34-42-21-19-40(11-2)20-22-42/h10,15-22,27-31,37,47,53,61H,11-14,23-26,32-34H2,1-9H3/b35-10-/t37?,47-,53+/m1/s1. The molecule has 6 rings (SSSR count). The topological polar surface area (TPSA) is 154 Å². The number of ketones is 1. The molecule has 2 aliphatic rings. The molecule has 4 aromatic rings. The number of benzene rings is 4. The molecule has 4 aromatic carbocycles. The molecule has 0 aromatic heterocycles. The highest BCUT2D eigenvalue weighted by atomic mass is 16.6. The summed E-state index contributed by atoms with van der Waals surface area (Å²) in [5, 5.41) is 11.8. The minimum atomic E-state index is -1.41. The Hall–Kier alpha value is -6.80. The van der Waals surface area contributed by atoms with E-state index in [1.807, 2.05) is 82.3 Å². The Balaban J connectivity index is 1.14. The summed E-state index contributed by atoms with van der Waals surface area (Å²) in [6.45, 7) is 14.4. The minimum Gasteiger partial charge on any atom is -0.493 e. The molecule has 1 unspecified atom stereocenters. The lowest BCUT2D eigenvalue weighted by Crippen LogP contribution is -2.50. The number of fused-ring (bicyclic) bond motifs is 2. The van der Waals surface area contributed by atoms with E-state index in [-0.39, 0.29) is 61.0 Å². The second-order valence-electron chi connectivity index (χ2n) is 17.9. The van der Waals surface area contributed by atoms with Crippen LogP contribution in [-0.2, 0) is 29.1 Å². The maximum atomic E-state index is 14.0. The summed E-state index contributed by atoms with van der Waals surface area (Å²) < 4.78 is 35.5. The van der Waals surface area contributed by atoms with Gasteiger partial charge >= 0.3 is 12.2 Å². The fourth-order valence-corrected chi connectivity index (χ4v) is 8.50. The lowest BCUT2D eigenvalue weighted by molar-refractivity contribution is 0.0544. The first-order chi connectivity index (χ1) is 33.1. The van der Waals surface area contributed by atoms with Crippen molar-refractivity contribution in [3.63, 3.8) is 0 Å². The number of hydrogen-bond acceptors (Lipinski definition) is 11. The van der Waals surface area contributed by atoms with E-state index >= 15 is 0 Å². The predicted molar refractivity (Wildman–Crippen MR) is 266 cm³/mol. The minimum absolute atomic E-state index is 0.0277. The van der Waals surface area contributed by atoms with Gasteiger partial charge in [-0.2, -0.15) is 0 Å². The van der Waals surface area contributed by atoms with Crippen LogP contribution in [0.5, 0.6) is 23.0 Å². The van der Waals surface area contributed by atoms with Crippen LogP contribution in [0.15, 0.2) is 96.2 Å². The molecule has 14 heteroatoms. The van der Waals surface area contributed by atoms with Crippen LogP contribution in [0.1, 0.15) is 117 Å². The molecular weight excluding hydrogens is 879 g/mol. The zero-order chi connectivity index (χ0) is 49.8. The van der Waals surface area contributed by atoms with Gasteiger partial charge in [-0.25, -0.2) is 14.5 Å². The number of aliphatic hydroxyl groups is 1.